The summed E-state index contributed by atoms with van der Waals surface area (Å²) in [5, 5.41) is 3.97. The van der Waals surface area contributed by atoms with Crippen LogP contribution in [0.4, 0.5) is 4.39 Å². The number of fused-ring (bicyclic) bond motifs is 1. The van der Waals surface area contributed by atoms with Gasteiger partial charge in [0.2, 0.25) is 0 Å². The summed E-state index contributed by atoms with van der Waals surface area (Å²) in [7, 11) is 0. The molecule has 0 radical (unpaired) electrons. The number of piperidine rings is 1. The molecule has 1 aromatic carbocycles. The summed E-state index contributed by atoms with van der Waals surface area (Å²) < 4.78 is 18.6. The van der Waals surface area contributed by atoms with E-state index in [1.807, 2.05) is 0 Å². The molecule has 0 aliphatic carbocycles. The largest absolute Gasteiger partial charge is 0.453 e. The first-order chi connectivity index (χ1) is 9.72. The molecule has 2 aromatic rings. The molecule has 1 aliphatic rings. The van der Waals surface area contributed by atoms with Gasteiger partial charge in [0.15, 0.2) is 11.5 Å². The summed E-state index contributed by atoms with van der Waals surface area (Å²) in [6.07, 6.45) is 3.69. The second kappa shape index (κ2) is 5.75. The molecule has 1 aliphatic heterocycles. The van der Waals surface area contributed by atoms with Crippen LogP contribution in [0.15, 0.2) is 28.7 Å². The van der Waals surface area contributed by atoms with Gasteiger partial charge < -0.3 is 9.73 Å². The van der Waals surface area contributed by atoms with E-state index >= 15 is 0 Å². The van der Waals surface area contributed by atoms with Crippen LogP contribution in [0.2, 0.25) is 0 Å². The molecule has 3 rings (SSSR count). The Hall–Kier alpha value is -1.68. The fourth-order valence-electron chi connectivity index (χ4n) is 2.78. The smallest absolute Gasteiger partial charge is 0.198 e. The normalized spacial score (nSPS) is 16.6. The molecule has 0 amide bonds. The molecular formula is C16H18FNO2. The van der Waals surface area contributed by atoms with Gasteiger partial charge in [0.05, 0.1) is 0 Å². The van der Waals surface area contributed by atoms with E-state index in [1.54, 1.807) is 12.1 Å². The molecule has 1 N–H and O–H groups in total. The van der Waals surface area contributed by atoms with Crippen molar-refractivity contribution >= 4 is 16.8 Å². The zero-order chi connectivity index (χ0) is 13.9. The van der Waals surface area contributed by atoms with Crippen LogP contribution in [-0.4, -0.2) is 18.9 Å². The van der Waals surface area contributed by atoms with Crippen LogP contribution in [0.3, 0.4) is 0 Å². The quantitative estimate of drug-likeness (QED) is 0.868. The van der Waals surface area contributed by atoms with Crippen molar-refractivity contribution in [1.29, 1.82) is 0 Å². The highest BCUT2D eigenvalue weighted by Crippen LogP contribution is 2.23. The van der Waals surface area contributed by atoms with Crippen LogP contribution in [0.5, 0.6) is 0 Å². The molecule has 20 heavy (non-hydrogen) atoms. The zero-order valence-corrected chi connectivity index (χ0v) is 11.3. The molecule has 0 bridgehead atoms. The lowest BCUT2D eigenvalue weighted by atomic mass is 9.92. The third-order valence-corrected chi connectivity index (χ3v) is 3.99. The first kappa shape index (κ1) is 13.3. The Balaban J connectivity index is 1.65. The van der Waals surface area contributed by atoms with Crippen molar-refractivity contribution in [1.82, 2.24) is 5.32 Å². The summed E-state index contributed by atoms with van der Waals surface area (Å²) in [4.78, 5) is 12.1. The summed E-state index contributed by atoms with van der Waals surface area (Å²) in [5.74, 6) is 0.675. The van der Waals surface area contributed by atoms with Crippen LogP contribution in [0, 0.1) is 11.7 Å². The molecule has 1 aromatic heterocycles. The summed E-state index contributed by atoms with van der Waals surface area (Å²) >= 11 is 0. The molecule has 1 saturated heterocycles. The number of furan rings is 1. The second-order valence-corrected chi connectivity index (χ2v) is 5.45. The van der Waals surface area contributed by atoms with Gasteiger partial charge in [0.25, 0.3) is 0 Å². The van der Waals surface area contributed by atoms with Gasteiger partial charge in [0.1, 0.15) is 11.4 Å². The SMILES string of the molecule is O=C(CCC1CCNCC1)c1cc2cc(F)ccc2o1. The number of carbonyl (C=O) groups excluding carboxylic acids is 1. The fraction of sp³-hybridized carbons (Fsp3) is 0.438. The zero-order valence-electron chi connectivity index (χ0n) is 11.3. The Labute approximate surface area is 117 Å². The van der Waals surface area contributed by atoms with Crippen molar-refractivity contribution in [2.24, 2.45) is 5.92 Å². The van der Waals surface area contributed by atoms with Crippen molar-refractivity contribution in [3.63, 3.8) is 0 Å². The van der Waals surface area contributed by atoms with Crippen LogP contribution in [0.1, 0.15) is 36.2 Å². The molecule has 1 fully saturated rings. The maximum absolute atomic E-state index is 13.1. The Morgan fingerprint density at radius 2 is 2.10 bits per heavy atom. The third kappa shape index (κ3) is 2.90. The highest BCUT2D eigenvalue weighted by molar-refractivity contribution is 5.97. The van der Waals surface area contributed by atoms with Crippen molar-refractivity contribution in [2.75, 3.05) is 13.1 Å². The number of halogens is 1. The lowest BCUT2D eigenvalue weighted by Gasteiger charge is -2.21. The van der Waals surface area contributed by atoms with E-state index in [0.29, 0.717) is 29.1 Å². The van der Waals surface area contributed by atoms with Gasteiger partial charge in [-0.3, -0.25) is 4.79 Å². The fourth-order valence-corrected chi connectivity index (χ4v) is 2.78. The number of nitrogens with one attached hydrogen (secondary N) is 1. The average molecular weight is 275 g/mol. The first-order valence-corrected chi connectivity index (χ1v) is 7.15. The molecular weight excluding hydrogens is 257 g/mol. The predicted molar refractivity (Wildman–Crippen MR) is 75.3 cm³/mol. The van der Waals surface area contributed by atoms with Crippen LogP contribution in [0.25, 0.3) is 11.0 Å². The standard InChI is InChI=1S/C16H18FNO2/c17-13-2-4-15-12(9-13)10-16(20-15)14(19)3-1-11-5-7-18-8-6-11/h2,4,9-11,18H,1,3,5-8H2. The number of carbonyl (C=O) groups is 1. The first-order valence-electron chi connectivity index (χ1n) is 7.15. The van der Waals surface area contributed by atoms with E-state index in [4.69, 9.17) is 4.42 Å². The number of ketones is 1. The molecule has 0 spiro atoms. The van der Waals surface area contributed by atoms with E-state index in [-0.39, 0.29) is 11.6 Å². The van der Waals surface area contributed by atoms with E-state index in [2.05, 4.69) is 5.32 Å². The number of benzene rings is 1. The van der Waals surface area contributed by atoms with Crippen LogP contribution in [-0.2, 0) is 0 Å². The van der Waals surface area contributed by atoms with Gasteiger partial charge in [-0.15, -0.1) is 0 Å². The summed E-state index contributed by atoms with van der Waals surface area (Å²) in [6.45, 7) is 2.09. The average Bonchev–Trinajstić information content (AvgIpc) is 2.89. The van der Waals surface area contributed by atoms with Gasteiger partial charge in [-0.05, 0) is 62.5 Å². The van der Waals surface area contributed by atoms with Gasteiger partial charge in [-0.25, -0.2) is 4.39 Å². The predicted octanol–water partition coefficient (Wildman–Crippen LogP) is 3.53. The monoisotopic (exact) mass is 275 g/mol. The summed E-state index contributed by atoms with van der Waals surface area (Å²) in [5.41, 5.74) is 0.566. The van der Waals surface area contributed by atoms with E-state index < -0.39 is 0 Å². The molecule has 106 valence electrons. The van der Waals surface area contributed by atoms with E-state index in [0.717, 1.165) is 32.4 Å². The van der Waals surface area contributed by atoms with Crippen molar-refractivity contribution < 1.29 is 13.6 Å². The lowest BCUT2D eigenvalue weighted by molar-refractivity contribution is 0.0946. The Morgan fingerprint density at radius 3 is 2.90 bits per heavy atom. The van der Waals surface area contributed by atoms with Crippen molar-refractivity contribution in [2.45, 2.75) is 25.7 Å². The molecule has 4 heteroatoms. The minimum Gasteiger partial charge on any atom is -0.453 e. The number of hydrogen-bond acceptors (Lipinski definition) is 3. The minimum absolute atomic E-state index is 0.0140. The molecule has 0 unspecified atom stereocenters. The molecule has 0 saturated carbocycles. The number of Topliss-reactive ketones (excluding diaryl/α,β-unsaturated/α-hetero) is 1. The Kier molecular flexibility index (Phi) is 3.83. The molecule has 3 nitrogen and oxygen atoms in total. The van der Waals surface area contributed by atoms with Crippen molar-refractivity contribution in [3.8, 4) is 0 Å². The van der Waals surface area contributed by atoms with Crippen molar-refractivity contribution in [3.05, 3.63) is 35.8 Å². The molecule has 2 heterocycles. The third-order valence-electron chi connectivity index (χ3n) is 3.99. The number of hydrogen-bond donors (Lipinski definition) is 1. The van der Waals surface area contributed by atoms with Gasteiger partial charge in [-0.2, -0.15) is 0 Å². The second-order valence-electron chi connectivity index (χ2n) is 5.45. The van der Waals surface area contributed by atoms with Gasteiger partial charge in [-0.1, -0.05) is 0 Å². The highest BCUT2D eigenvalue weighted by atomic mass is 19.1. The lowest BCUT2D eigenvalue weighted by Crippen LogP contribution is -2.27. The van der Waals surface area contributed by atoms with Gasteiger partial charge >= 0.3 is 0 Å². The Morgan fingerprint density at radius 1 is 1.30 bits per heavy atom. The Bertz CT molecular complexity index is 614. The molecule has 0 atom stereocenters. The van der Waals surface area contributed by atoms with E-state index in [1.165, 1.54) is 12.1 Å². The summed E-state index contributed by atoms with van der Waals surface area (Å²) in [6, 6.07) is 5.94. The van der Waals surface area contributed by atoms with Gasteiger partial charge in [0, 0.05) is 11.8 Å². The van der Waals surface area contributed by atoms with E-state index in [9.17, 15) is 9.18 Å². The van der Waals surface area contributed by atoms with Crippen LogP contribution < -0.4 is 5.32 Å². The topological polar surface area (TPSA) is 42.2 Å². The van der Waals surface area contributed by atoms with Crippen LogP contribution >= 0.6 is 0 Å². The maximum Gasteiger partial charge on any atom is 0.198 e. The maximum atomic E-state index is 13.1. The highest BCUT2D eigenvalue weighted by Gasteiger charge is 2.17. The number of rotatable bonds is 4. The minimum atomic E-state index is -0.313.